The number of rotatable bonds is 12. The van der Waals surface area contributed by atoms with Gasteiger partial charge in [-0.2, -0.15) is 0 Å². The first-order chi connectivity index (χ1) is 20.1. The first kappa shape index (κ1) is 30.6. The van der Waals surface area contributed by atoms with Crippen molar-refractivity contribution in [2.45, 2.75) is 92.4 Å². The van der Waals surface area contributed by atoms with Crippen molar-refractivity contribution in [2.75, 3.05) is 26.4 Å². The number of ether oxygens (including phenoxy) is 4. The third-order valence-corrected chi connectivity index (χ3v) is 8.95. The topological polar surface area (TPSA) is 86.4 Å². The third kappa shape index (κ3) is 7.00. The maximum absolute atomic E-state index is 6.15. The van der Waals surface area contributed by atoms with Crippen LogP contribution < -0.4 is 0 Å². The molecule has 0 saturated carbocycles. The van der Waals surface area contributed by atoms with Gasteiger partial charge in [-0.15, -0.1) is 0 Å². The zero-order valence-corrected chi connectivity index (χ0v) is 26.7. The van der Waals surface area contributed by atoms with E-state index in [9.17, 15) is 0 Å². The first-order valence-electron chi connectivity index (χ1n) is 16.0. The van der Waals surface area contributed by atoms with Gasteiger partial charge in [0.1, 0.15) is 38.3 Å². The molecule has 0 fully saturated rings. The molecule has 4 heterocycles. The van der Waals surface area contributed by atoms with Crippen molar-refractivity contribution in [3.8, 4) is 0 Å². The maximum Gasteiger partial charge on any atom is 0.196 e. The minimum atomic E-state index is -0.112. The first-order valence-corrected chi connectivity index (χ1v) is 16.0. The van der Waals surface area contributed by atoms with E-state index >= 15 is 0 Å². The molecule has 1 aromatic rings. The van der Waals surface area contributed by atoms with E-state index in [1.165, 1.54) is 11.1 Å². The molecule has 230 valence electrons. The van der Waals surface area contributed by atoms with Gasteiger partial charge in [0.15, 0.2) is 23.6 Å². The second-order valence-corrected chi connectivity index (χ2v) is 13.7. The summed E-state index contributed by atoms with van der Waals surface area (Å²) < 4.78 is 24.6. The summed E-state index contributed by atoms with van der Waals surface area (Å²) in [6.45, 7) is 20.0. The van der Waals surface area contributed by atoms with Crippen molar-refractivity contribution in [3.63, 3.8) is 0 Å². The predicted octanol–water partition coefficient (Wildman–Crippen LogP) is 5.82. The van der Waals surface area contributed by atoms with E-state index in [0.29, 0.717) is 50.1 Å². The molecule has 0 saturated heterocycles. The van der Waals surface area contributed by atoms with Crippen molar-refractivity contribution in [1.29, 1.82) is 0 Å². The van der Waals surface area contributed by atoms with Crippen LogP contribution in [-0.4, -0.2) is 74.2 Å². The van der Waals surface area contributed by atoms with E-state index in [4.69, 9.17) is 38.9 Å². The summed E-state index contributed by atoms with van der Waals surface area (Å²) >= 11 is 0. The van der Waals surface area contributed by atoms with Crippen molar-refractivity contribution in [1.82, 2.24) is 0 Å². The summed E-state index contributed by atoms with van der Waals surface area (Å²) in [5, 5.41) is 0. The number of aliphatic imine (C=N–C) groups is 4. The highest BCUT2D eigenvalue weighted by molar-refractivity contribution is 6.02. The smallest absolute Gasteiger partial charge is 0.196 e. The summed E-state index contributed by atoms with van der Waals surface area (Å²) in [7, 11) is 0. The van der Waals surface area contributed by atoms with Crippen LogP contribution in [0.5, 0.6) is 0 Å². The SMILES string of the molecule is CC(C)[C@H]1COC(C(Cc2ccc(CC(C3=N[C@@H](C(C)C)CO3)C3=N[C@@H](C(C)C)CO3)cc2)C2=N[C@@H](C(C)C)CO2)=N1. The van der Waals surface area contributed by atoms with Gasteiger partial charge in [0, 0.05) is 0 Å². The fourth-order valence-electron chi connectivity index (χ4n) is 5.61. The lowest BCUT2D eigenvalue weighted by atomic mass is 9.94. The van der Waals surface area contributed by atoms with Crippen LogP contribution in [0, 0.1) is 35.5 Å². The number of hydrogen-bond donors (Lipinski definition) is 0. The van der Waals surface area contributed by atoms with Gasteiger partial charge in [-0.05, 0) is 47.6 Å². The molecule has 0 aromatic heterocycles. The molecule has 0 amide bonds. The molecule has 0 bridgehead atoms. The summed E-state index contributed by atoms with van der Waals surface area (Å²) in [5.74, 6) is 4.52. The van der Waals surface area contributed by atoms with E-state index < -0.39 is 0 Å². The summed E-state index contributed by atoms with van der Waals surface area (Å²) in [6, 6.07) is 9.51. The van der Waals surface area contributed by atoms with Crippen LogP contribution >= 0.6 is 0 Å². The lowest BCUT2D eigenvalue weighted by Gasteiger charge is -2.18. The monoisotopic (exact) mass is 578 g/mol. The lowest BCUT2D eigenvalue weighted by Crippen LogP contribution is -2.27. The van der Waals surface area contributed by atoms with E-state index in [0.717, 1.165) is 36.4 Å². The van der Waals surface area contributed by atoms with Gasteiger partial charge in [0.05, 0.1) is 24.2 Å². The Morgan fingerprint density at radius 1 is 0.476 bits per heavy atom. The lowest BCUT2D eigenvalue weighted by molar-refractivity contribution is 0.264. The van der Waals surface area contributed by atoms with Gasteiger partial charge in [-0.1, -0.05) is 79.7 Å². The standard InChI is InChI=1S/C34H50N4O4/c1-19(2)27-15-39-31(35-27)25(32-36-28(16-40-32)20(3)4)13-23-9-11-24(12-10-23)14-26(33-37-29(17-41-33)21(5)6)34-38-30(18-42-34)22(7)8/h9-12,19-22,25-30H,13-18H2,1-8H3/t27-,28-,29-,30-/m1/s1. The molecule has 8 heteroatoms. The van der Waals surface area contributed by atoms with Gasteiger partial charge >= 0.3 is 0 Å². The predicted molar refractivity (Wildman–Crippen MR) is 169 cm³/mol. The number of benzene rings is 1. The molecule has 0 N–H and O–H groups in total. The highest BCUT2D eigenvalue weighted by Gasteiger charge is 2.37. The molecular weight excluding hydrogens is 528 g/mol. The van der Waals surface area contributed by atoms with Crippen LogP contribution in [-0.2, 0) is 31.8 Å². The van der Waals surface area contributed by atoms with Crippen molar-refractivity contribution in [2.24, 2.45) is 55.5 Å². The quantitative estimate of drug-likeness (QED) is 0.313. The molecule has 0 aliphatic carbocycles. The highest BCUT2D eigenvalue weighted by Crippen LogP contribution is 2.28. The van der Waals surface area contributed by atoms with Gasteiger partial charge in [0.2, 0.25) is 0 Å². The van der Waals surface area contributed by atoms with Crippen LogP contribution in [0.25, 0.3) is 0 Å². The van der Waals surface area contributed by atoms with Crippen LogP contribution in [0.3, 0.4) is 0 Å². The molecule has 4 aliphatic rings. The van der Waals surface area contributed by atoms with Gasteiger partial charge in [-0.3, -0.25) is 0 Å². The normalized spacial score (nSPS) is 25.7. The molecule has 4 aliphatic heterocycles. The summed E-state index contributed by atoms with van der Waals surface area (Å²) in [4.78, 5) is 19.8. The fraction of sp³-hybridized carbons (Fsp3) is 0.706. The number of hydrogen-bond acceptors (Lipinski definition) is 8. The summed E-state index contributed by atoms with van der Waals surface area (Å²) in [6.07, 6.45) is 1.46. The van der Waals surface area contributed by atoms with E-state index in [1.807, 2.05) is 0 Å². The van der Waals surface area contributed by atoms with E-state index in [-0.39, 0.29) is 36.0 Å². The van der Waals surface area contributed by atoms with Gasteiger partial charge in [-0.25, -0.2) is 20.0 Å². The maximum atomic E-state index is 6.15. The van der Waals surface area contributed by atoms with E-state index in [1.54, 1.807) is 0 Å². The second-order valence-electron chi connectivity index (χ2n) is 13.7. The van der Waals surface area contributed by atoms with Crippen LogP contribution in [0.4, 0.5) is 0 Å². The van der Waals surface area contributed by atoms with Crippen LogP contribution in [0.2, 0.25) is 0 Å². The van der Waals surface area contributed by atoms with E-state index in [2.05, 4.69) is 79.7 Å². The second kappa shape index (κ2) is 13.2. The zero-order valence-electron chi connectivity index (χ0n) is 26.7. The average Bonchev–Trinajstić information content (AvgIpc) is 3.77. The van der Waals surface area contributed by atoms with Crippen LogP contribution in [0.1, 0.15) is 66.5 Å². The summed E-state index contributed by atoms with van der Waals surface area (Å²) in [5.41, 5.74) is 2.39. The Morgan fingerprint density at radius 2 is 0.714 bits per heavy atom. The Hall–Kier alpha value is -2.90. The molecule has 0 spiro atoms. The Labute approximate surface area is 252 Å². The molecule has 5 rings (SSSR count). The van der Waals surface area contributed by atoms with Crippen molar-refractivity contribution >= 4 is 23.6 Å². The molecular formula is C34H50N4O4. The average molecular weight is 579 g/mol. The molecule has 8 nitrogen and oxygen atoms in total. The molecule has 0 radical (unpaired) electrons. The third-order valence-electron chi connectivity index (χ3n) is 8.95. The Morgan fingerprint density at radius 3 is 0.905 bits per heavy atom. The minimum Gasteiger partial charge on any atom is -0.478 e. The van der Waals surface area contributed by atoms with Gasteiger partial charge in [0.25, 0.3) is 0 Å². The van der Waals surface area contributed by atoms with Crippen molar-refractivity contribution < 1.29 is 18.9 Å². The Kier molecular flexibility index (Phi) is 9.58. The molecule has 1 aromatic carbocycles. The highest BCUT2D eigenvalue weighted by atomic mass is 16.5. The van der Waals surface area contributed by atoms with Crippen LogP contribution in [0.15, 0.2) is 44.2 Å². The fourth-order valence-corrected chi connectivity index (χ4v) is 5.61. The number of nitrogens with zero attached hydrogens (tertiary/aromatic N) is 4. The Bertz CT molecular complexity index is 1040. The zero-order chi connectivity index (χ0) is 30.0. The van der Waals surface area contributed by atoms with Crippen molar-refractivity contribution in [3.05, 3.63) is 35.4 Å². The Balaban J connectivity index is 1.35. The van der Waals surface area contributed by atoms with Gasteiger partial charge < -0.3 is 18.9 Å². The minimum absolute atomic E-state index is 0.112. The molecule has 0 unspecified atom stereocenters. The molecule has 42 heavy (non-hydrogen) atoms. The largest absolute Gasteiger partial charge is 0.478 e. The molecule has 4 atom stereocenters.